The first-order valence-corrected chi connectivity index (χ1v) is 15.4. The molecule has 1 aliphatic heterocycles. The minimum atomic E-state index is -1.19. The standard InChI is InChI=1S/C32H46N6O5/c1-6-7-14-25(31(41)42)35-30(40)27(17-23-22-13-8-9-15-24(22)34-28(23)18-33)36-29(39)26(16-19(2)3)37-32(43)38-20(4)11-10-12-21(38)5/h8-9,13,15,19-21,25-27,34H,6-7,10-12,14,16-17H2,1-5H3,(H,35,40)(H,36,39)(H,37,43)(H,41,42)/t20-,21+,25?,26?,27-/m1/s1. The predicted octanol–water partition coefficient (Wildman–Crippen LogP) is 4.21. The monoisotopic (exact) mass is 594 g/mol. The van der Waals surface area contributed by atoms with Gasteiger partial charge in [-0.05, 0) is 63.5 Å². The predicted molar refractivity (Wildman–Crippen MR) is 164 cm³/mol. The molecule has 3 rings (SSSR count). The molecule has 0 saturated carbocycles. The van der Waals surface area contributed by atoms with Crippen LogP contribution in [0.5, 0.6) is 0 Å². The fraction of sp³-hybridized carbons (Fsp3) is 0.594. The molecule has 1 fully saturated rings. The number of carboxylic acid groups (broad SMARTS) is 1. The highest BCUT2D eigenvalue weighted by Gasteiger charge is 2.34. The number of H-pyrrole nitrogens is 1. The van der Waals surface area contributed by atoms with E-state index in [1.54, 1.807) is 4.90 Å². The Morgan fingerprint density at radius 2 is 1.65 bits per heavy atom. The Bertz CT molecular complexity index is 1320. The highest BCUT2D eigenvalue weighted by Crippen LogP contribution is 2.25. The van der Waals surface area contributed by atoms with Gasteiger partial charge in [0.2, 0.25) is 11.8 Å². The number of piperidine rings is 1. The molecule has 1 aromatic carbocycles. The van der Waals surface area contributed by atoms with Gasteiger partial charge in [-0.3, -0.25) is 9.59 Å². The maximum Gasteiger partial charge on any atom is 0.326 e. The lowest BCUT2D eigenvalue weighted by Crippen LogP contribution is -2.59. The van der Waals surface area contributed by atoms with Crippen molar-refractivity contribution in [1.29, 1.82) is 5.26 Å². The minimum Gasteiger partial charge on any atom is -0.480 e. The SMILES string of the molecule is CCCCC(NC(=O)[C@@H](Cc1c(C#N)[nH]c2ccccc12)NC(=O)C(CC(C)C)NC(=O)N1[C@H](C)CCC[C@@H]1C)C(=O)O. The Hall–Kier alpha value is -4.07. The van der Waals surface area contributed by atoms with Crippen LogP contribution in [-0.4, -0.2) is 69.0 Å². The number of urea groups is 1. The van der Waals surface area contributed by atoms with Crippen molar-refractivity contribution in [2.24, 2.45) is 5.92 Å². The molecule has 1 saturated heterocycles. The Balaban J connectivity index is 1.91. The van der Waals surface area contributed by atoms with Crippen LogP contribution in [0.15, 0.2) is 24.3 Å². The van der Waals surface area contributed by atoms with E-state index in [0.717, 1.165) is 31.1 Å². The number of nitrogens with zero attached hydrogens (tertiary/aromatic N) is 2. The summed E-state index contributed by atoms with van der Waals surface area (Å²) in [5.74, 6) is -2.31. The van der Waals surface area contributed by atoms with Gasteiger partial charge in [-0.1, -0.05) is 51.8 Å². The Labute approximate surface area is 253 Å². The number of carbonyl (C=O) groups excluding carboxylic acids is 3. The second-order valence-corrected chi connectivity index (χ2v) is 12.1. The summed E-state index contributed by atoms with van der Waals surface area (Å²) >= 11 is 0. The first-order chi connectivity index (χ1) is 20.5. The van der Waals surface area contributed by atoms with Crippen molar-refractivity contribution in [2.75, 3.05) is 0 Å². The van der Waals surface area contributed by atoms with Crippen LogP contribution in [0.3, 0.4) is 0 Å². The van der Waals surface area contributed by atoms with Gasteiger partial charge in [0.15, 0.2) is 0 Å². The summed E-state index contributed by atoms with van der Waals surface area (Å²) in [6, 6.07) is 5.92. The second-order valence-electron chi connectivity index (χ2n) is 12.1. The third-order valence-electron chi connectivity index (χ3n) is 8.18. The van der Waals surface area contributed by atoms with Crippen molar-refractivity contribution in [3.05, 3.63) is 35.5 Å². The number of rotatable bonds is 13. The average Bonchev–Trinajstić information content (AvgIpc) is 3.31. The zero-order valence-corrected chi connectivity index (χ0v) is 25.9. The first-order valence-electron chi connectivity index (χ1n) is 15.4. The molecule has 11 heteroatoms. The quantitative estimate of drug-likeness (QED) is 0.233. The molecule has 234 valence electrons. The summed E-state index contributed by atoms with van der Waals surface area (Å²) in [6.45, 7) is 9.81. The summed E-state index contributed by atoms with van der Waals surface area (Å²) in [5.41, 5.74) is 1.51. The molecule has 43 heavy (non-hydrogen) atoms. The number of carbonyl (C=O) groups is 4. The van der Waals surface area contributed by atoms with E-state index in [0.29, 0.717) is 23.9 Å². The van der Waals surface area contributed by atoms with Crippen molar-refractivity contribution in [3.8, 4) is 6.07 Å². The molecule has 5 N–H and O–H groups in total. The molecule has 2 aromatic rings. The van der Waals surface area contributed by atoms with Crippen LogP contribution in [0.4, 0.5) is 4.79 Å². The average molecular weight is 595 g/mol. The molecule has 11 nitrogen and oxygen atoms in total. The van der Waals surface area contributed by atoms with E-state index >= 15 is 0 Å². The van der Waals surface area contributed by atoms with Crippen LogP contribution < -0.4 is 16.0 Å². The molecular weight excluding hydrogens is 548 g/mol. The summed E-state index contributed by atoms with van der Waals surface area (Å²) in [5, 5.41) is 28.6. The summed E-state index contributed by atoms with van der Waals surface area (Å²) < 4.78 is 0. The van der Waals surface area contributed by atoms with Gasteiger partial charge in [-0.2, -0.15) is 5.26 Å². The molecule has 2 unspecified atom stereocenters. The van der Waals surface area contributed by atoms with Crippen molar-refractivity contribution in [2.45, 2.75) is 116 Å². The van der Waals surface area contributed by atoms with Gasteiger partial charge >= 0.3 is 12.0 Å². The van der Waals surface area contributed by atoms with E-state index in [2.05, 4.69) is 27.0 Å². The van der Waals surface area contributed by atoms with E-state index in [1.165, 1.54) is 0 Å². The van der Waals surface area contributed by atoms with E-state index < -0.39 is 35.9 Å². The summed E-state index contributed by atoms with van der Waals surface area (Å²) in [6.07, 6.45) is 4.70. The molecule has 0 spiro atoms. The highest BCUT2D eigenvalue weighted by molar-refractivity contribution is 5.94. The lowest BCUT2D eigenvalue weighted by Gasteiger charge is -2.39. The number of likely N-dealkylation sites (tertiary alicyclic amines) is 1. The zero-order chi connectivity index (χ0) is 31.7. The number of aromatic amines is 1. The highest BCUT2D eigenvalue weighted by atomic mass is 16.4. The van der Waals surface area contributed by atoms with Crippen LogP contribution in [-0.2, 0) is 20.8 Å². The minimum absolute atomic E-state index is 0.0346. The molecule has 2 heterocycles. The molecule has 1 aliphatic rings. The molecule has 4 amide bonds. The van der Waals surface area contributed by atoms with Crippen LogP contribution in [0, 0.1) is 17.2 Å². The number of hydrogen-bond acceptors (Lipinski definition) is 5. The van der Waals surface area contributed by atoms with Crippen molar-refractivity contribution >= 4 is 34.7 Å². The smallest absolute Gasteiger partial charge is 0.326 e. The second kappa shape index (κ2) is 15.4. The number of hydrogen-bond donors (Lipinski definition) is 5. The Morgan fingerprint density at radius 3 is 2.26 bits per heavy atom. The van der Waals surface area contributed by atoms with E-state index in [1.807, 2.05) is 58.9 Å². The van der Waals surface area contributed by atoms with E-state index in [4.69, 9.17) is 0 Å². The maximum atomic E-state index is 13.8. The Kier molecular flexibility index (Phi) is 12.0. The van der Waals surface area contributed by atoms with Crippen molar-refractivity contribution in [1.82, 2.24) is 25.8 Å². The Morgan fingerprint density at radius 1 is 1.02 bits per heavy atom. The number of aliphatic carboxylic acids is 1. The molecule has 5 atom stereocenters. The third-order valence-corrected chi connectivity index (χ3v) is 8.18. The third kappa shape index (κ3) is 8.72. The molecule has 0 aliphatic carbocycles. The van der Waals surface area contributed by atoms with Crippen LogP contribution in [0.2, 0.25) is 0 Å². The number of para-hydroxylation sites is 1. The van der Waals surface area contributed by atoms with Crippen LogP contribution in [0.1, 0.15) is 90.8 Å². The zero-order valence-electron chi connectivity index (χ0n) is 25.9. The van der Waals surface area contributed by atoms with Crippen LogP contribution >= 0.6 is 0 Å². The van der Waals surface area contributed by atoms with E-state index in [-0.39, 0.29) is 42.6 Å². The number of benzene rings is 1. The molecule has 0 bridgehead atoms. The molecule has 0 radical (unpaired) electrons. The summed E-state index contributed by atoms with van der Waals surface area (Å²) in [7, 11) is 0. The van der Waals surface area contributed by atoms with Gasteiger partial charge < -0.3 is 30.9 Å². The fourth-order valence-electron chi connectivity index (χ4n) is 5.88. The number of amides is 4. The van der Waals surface area contributed by atoms with E-state index in [9.17, 15) is 29.5 Å². The van der Waals surface area contributed by atoms with Gasteiger partial charge in [0.05, 0.1) is 0 Å². The number of nitrogens with one attached hydrogen (secondary N) is 4. The van der Waals surface area contributed by atoms with Gasteiger partial charge in [-0.25, -0.2) is 9.59 Å². The molecular formula is C32H46N6O5. The normalized spacial score (nSPS) is 18.9. The lowest BCUT2D eigenvalue weighted by molar-refractivity contribution is -0.142. The van der Waals surface area contributed by atoms with Gasteiger partial charge in [0, 0.05) is 29.4 Å². The van der Waals surface area contributed by atoms with Gasteiger partial charge in [0.25, 0.3) is 0 Å². The number of aromatic nitrogens is 1. The fourth-order valence-corrected chi connectivity index (χ4v) is 5.88. The largest absolute Gasteiger partial charge is 0.480 e. The summed E-state index contributed by atoms with van der Waals surface area (Å²) in [4.78, 5) is 57.6. The maximum absolute atomic E-state index is 13.8. The number of fused-ring (bicyclic) bond motifs is 1. The molecule has 1 aromatic heterocycles. The van der Waals surface area contributed by atoms with Crippen LogP contribution in [0.25, 0.3) is 10.9 Å². The number of nitriles is 1. The van der Waals surface area contributed by atoms with Crippen molar-refractivity contribution in [3.63, 3.8) is 0 Å². The van der Waals surface area contributed by atoms with Gasteiger partial charge in [0.1, 0.15) is 29.9 Å². The number of unbranched alkanes of at least 4 members (excludes halogenated alkanes) is 1. The van der Waals surface area contributed by atoms with Gasteiger partial charge in [-0.15, -0.1) is 0 Å². The number of carboxylic acids is 1. The van der Waals surface area contributed by atoms with Crippen molar-refractivity contribution < 1.29 is 24.3 Å². The first kappa shape index (κ1) is 33.4. The topological polar surface area (TPSA) is 167 Å². The lowest BCUT2D eigenvalue weighted by atomic mass is 9.97.